The van der Waals surface area contributed by atoms with Gasteiger partial charge in [-0.05, 0) is 6.26 Å². The fourth-order valence-electron chi connectivity index (χ4n) is 0.753. The Labute approximate surface area is 76.4 Å². The van der Waals surface area contributed by atoms with Crippen molar-refractivity contribution < 1.29 is 4.57 Å². The van der Waals surface area contributed by atoms with Crippen molar-refractivity contribution in [1.29, 1.82) is 0 Å². The lowest BCUT2D eigenvalue weighted by Crippen LogP contribution is -2.35. The lowest BCUT2D eigenvalue weighted by molar-refractivity contribution is -0.681. The minimum atomic E-state index is 0.831. The van der Waals surface area contributed by atoms with Crippen LogP contribution in [0.1, 0.15) is 0 Å². The van der Waals surface area contributed by atoms with Crippen LogP contribution < -0.4 is 4.57 Å². The number of thiocarbonyl (C=S) groups is 1. The van der Waals surface area contributed by atoms with Crippen molar-refractivity contribution in [3.63, 3.8) is 0 Å². The van der Waals surface area contributed by atoms with Gasteiger partial charge >= 0.3 is 0 Å². The summed E-state index contributed by atoms with van der Waals surface area (Å²) in [6, 6.07) is 6.00. The molecule has 58 valence electrons. The monoisotopic (exact) mass is 184 g/mol. The molecule has 11 heavy (non-hydrogen) atoms. The fraction of sp³-hybridized carbons (Fsp3) is 0.250. The van der Waals surface area contributed by atoms with E-state index in [1.807, 2.05) is 36.8 Å². The fourth-order valence-corrected chi connectivity index (χ4v) is 1.18. The number of hydrogen-bond acceptors (Lipinski definition) is 2. The van der Waals surface area contributed by atoms with E-state index in [1.54, 1.807) is 11.8 Å². The van der Waals surface area contributed by atoms with E-state index in [-0.39, 0.29) is 0 Å². The summed E-state index contributed by atoms with van der Waals surface area (Å²) in [6.07, 6.45) is 6.04. The molecule has 0 fully saturated rings. The number of rotatable bonds is 2. The zero-order valence-electron chi connectivity index (χ0n) is 6.36. The van der Waals surface area contributed by atoms with E-state index >= 15 is 0 Å². The molecule has 0 aliphatic rings. The molecule has 1 nitrogen and oxygen atoms in total. The molecular weight excluding hydrogens is 174 g/mol. The van der Waals surface area contributed by atoms with Crippen molar-refractivity contribution in [3.05, 3.63) is 30.6 Å². The van der Waals surface area contributed by atoms with Crippen molar-refractivity contribution in [3.8, 4) is 0 Å². The summed E-state index contributed by atoms with van der Waals surface area (Å²) in [6.45, 7) is 0.831. The summed E-state index contributed by atoms with van der Waals surface area (Å²) in [5.41, 5.74) is 0. The van der Waals surface area contributed by atoms with Crippen LogP contribution >= 0.6 is 24.0 Å². The smallest absolute Gasteiger partial charge is 0.189 e. The van der Waals surface area contributed by atoms with Gasteiger partial charge in [0.25, 0.3) is 0 Å². The second kappa shape index (κ2) is 4.46. The molecule has 0 aliphatic heterocycles. The third-order valence-corrected chi connectivity index (χ3v) is 2.53. The van der Waals surface area contributed by atoms with Crippen LogP contribution in [0.4, 0.5) is 0 Å². The first-order valence-corrected chi connectivity index (χ1v) is 4.97. The van der Waals surface area contributed by atoms with Gasteiger partial charge in [-0.2, -0.15) is 4.57 Å². The van der Waals surface area contributed by atoms with E-state index in [1.165, 1.54) is 0 Å². The second-order valence-corrected chi connectivity index (χ2v) is 3.78. The third-order valence-electron chi connectivity index (χ3n) is 1.32. The van der Waals surface area contributed by atoms with Gasteiger partial charge in [-0.3, -0.25) is 0 Å². The first kappa shape index (κ1) is 8.68. The first-order chi connectivity index (χ1) is 5.33. The van der Waals surface area contributed by atoms with E-state index in [0.717, 1.165) is 10.7 Å². The highest BCUT2D eigenvalue weighted by molar-refractivity contribution is 8.22. The number of thioether (sulfide) groups is 1. The largest absolute Gasteiger partial charge is 0.199 e. The van der Waals surface area contributed by atoms with Gasteiger partial charge in [-0.1, -0.05) is 18.3 Å². The maximum Gasteiger partial charge on any atom is 0.189 e. The highest BCUT2D eigenvalue weighted by atomic mass is 32.2. The Morgan fingerprint density at radius 3 is 2.55 bits per heavy atom. The number of nitrogens with zero attached hydrogens (tertiary/aromatic N) is 1. The average Bonchev–Trinajstić information content (AvgIpc) is 2.06. The van der Waals surface area contributed by atoms with Gasteiger partial charge in [0.05, 0.1) is 0 Å². The Kier molecular flexibility index (Phi) is 3.52. The van der Waals surface area contributed by atoms with Crippen LogP contribution in [0, 0.1) is 0 Å². The van der Waals surface area contributed by atoms with E-state index in [9.17, 15) is 0 Å². The summed E-state index contributed by atoms with van der Waals surface area (Å²) in [5.74, 6) is 0. The van der Waals surface area contributed by atoms with Gasteiger partial charge in [0.15, 0.2) is 18.9 Å². The van der Waals surface area contributed by atoms with Crippen molar-refractivity contribution >= 4 is 28.2 Å². The quantitative estimate of drug-likeness (QED) is 0.508. The van der Waals surface area contributed by atoms with Crippen molar-refractivity contribution in [2.75, 3.05) is 6.26 Å². The molecule has 0 saturated carbocycles. The van der Waals surface area contributed by atoms with E-state index < -0.39 is 0 Å². The van der Waals surface area contributed by atoms with Crippen LogP contribution in [-0.2, 0) is 6.54 Å². The summed E-state index contributed by atoms with van der Waals surface area (Å²) < 4.78 is 3.08. The number of aromatic nitrogens is 1. The zero-order valence-corrected chi connectivity index (χ0v) is 7.99. The summed E-state index contributed by atoms with van der Waals surface area (Å²) in [5, 5.41) is 0. The molecule has 0 spiro atoms. The molecule has 0 unspecified atom stereocenters. The molecule has 0 aromatic carbocycles. The van der Waals surface area contributed by atoms with Crippen LogP contribution in [-0.4, -0.2) is 10.5 Å². The Hall–Kier alpha value is -0.410. The molecule has 0 saturated heterocycles. The van der Waals surface area contributed by atoms with E-state index in [0.29, 0.717) is 0 Å². The normalized spacial score (nSPS) is 9.55. The summed E-state index contributed by atoms with van der Waals surface area (Å²) in [7, 11) is 0. The molecular formula is C8H10NS2+. The molecule has 3 heteroatoms. The van der Waals surface area contributed by atoms with Gasteiger partial charge in [0, 0.05) is 12.1 Å². The van der Waals surface area contributed by atoms with Crippen LogP contribution in [0.15, 0.2) is 30.6 Å². The summed E-state index contributed by atoms with van der Waals surface area (Å²) >= 11 is 6.71. The molecule has 0 bridgehead atoms. The number of pyridine rings is 1. The highest BCUT2D eigenvalue weighted by Gasteiger charge is 2.00. The van der Waals surface area contributed by atoms with E-state index in [4.69, 9.17) is 12.2 Å². The van der Waals surface area contributed by atoms with Gasteiger partial charge in [-0.15, -0.1) is 11.8 Å². The van der Waals surface area contributed by atoms with Crippen LogP contribution in [0.5, 0.6) is 0 Å². The SMILES string of the molecule is CSC(=S)C[n+]1ccccc1. The van der Waals surface area contributed by atoms with Crippen LogP contribution in [0.25, 0.3) is 0 Å². The number of hydrogen-bond donors (Lipinski definition) is 0. The van der Waals surface area contributed by atoms with Crippen LogP contribution in [0.3, 0.4) is 0 Å². The Bertz CT molecular complexity index is 233. The molecule has 1 heterocycles. The third kappa shape index (κ3) is 2.99. The average molecular weight is 184 g/mol. The van der Waals surface area contributed by atoms with Gasteiger partial charge in [0.1, 0.15) is 4.20 Å². The van der Waals surface area contributed by atoms with Gasteiger partial charge in [-0.25, -0.2) is 0 Å². The zero-order chi connectivity index (χ0) is 8.10. The van der Waals surface area contributed by atoms with Crippen molar-refractivity contribution in [2.45, 2.75) is 6.54 Å². The molecule has 0 amide bonds. The standard InChI is InChI=1S/C8H10NS2/c1-11-8(10)7-9-5-3-2-4-6-9/h2-6H,7H2,1H3/q+1. The van der Waals surface area contributed by atoms with Crippen molar-refractivity contribution in [2.24, 2.45) is 0 Å². The maximum absolute atomic E-state index is 5.08. The predicted octanol–water partition coefficient (Wildman–Crippen LogP) is 1.66. The second-order valence-electron chi connectivity index (χ2n) is 2.12. The molecule has 1 aromatic heterocycles. The summed E-state index contributed by atoms with van der Waals surface area (Å²) in [4.78, 5) is 0. The minimum absolute atomic E-state index is 0.831. The van der Waals surface area contributed by atoms with Crippen LogP contribution in [0.2, 0.25) is 0 Å². The van der Waals surface area contributed by atoms with Gasteiger partial charge < -0.3 is 0 Å². The molecule has 0 N–H and O–H groups in total. The predicted molar refractivity (Wildman–Crippen MR) is 52.8 cm³/mol. The van der Waals surface area contributed by atoms with Gasteiger partial charge in [0.2, 0.25) is 0 Å². The lowest BCUT2D eigenvalue weighted by atomic mass is 10.5. The molecule has 0 atom stereocenters. The Morgan fingerprint density at radius 2 is 2.00 bits per heavy atom. The molecule has 0 aliphatic carbocycles. The Morgan fingerprint density at radius 1 is 1.36 bits per heavy atom. The Balaban J connectivity index is 2.58. The lowest BCUT2D eigenvalue weighted by Gasteiger charge is -1.93. The minimum Gasteiger partial charge on any atom is -0.199 e. The molecule has 1 rings (SSSR count). The first-order valence-electron chi connectivity index (χ1n) is 3.34. The molecule has 0 radical (unpaired) electrons. The highest BCUT2D eigenvalue weighted by Crippen LogP contribution is 1.96. The van der Waals surface area contributed by atoms with E-state index in [2.05, 4.69) is 4.57 Å². The van der Waals surface area contributed by atoms with Crippen molar-refractivity contribution in [1.82, 2.24) is 0 Å². The maximum atomic E-state index is 5.08. The molecule has 1 aromatic rings. The topological polar surface area (TPSA) is 3.88 Å².